The van der Waals surface area contributed by atoms with Gasteiger partial charge in [0.15, 0.2) is 0 Å². The van der Waals surface area contributed by atoms with Crippen LogP contribution in [0.5, 0.6) is 5.75 Å². The molecule has 0 saturated carbocycles. The van der Waals surface area contributed by atoms with Crippen LogP contribution in [-0.4, -0.2) is 10.1 Å². The van der Waals surface area contributed by atoms with Gasteiger partial charge in [-0.1, -0.05) is 11.6 Å². The standard InChI is InChI=1S/C9H6ClNO.11H3N/c10-8-3-4-11-9-5-6(12)1-2-7(8)9;;;;;;;;;;;/h1-5,12H;11*1H3. The maximum Gasteiger partial charge on any atom is 0.117 e. The van der Waals surface area contributed by atoms with E-state index in [1.54, 1.807) is 30.5 Å². The van der Waals surface area contributed by atoms with Crippen LogP contribution in [0.1, 0.15) is 0 Å². The zero-order valence-corrected chi connectivity index (χ0v) is 14.7. The number of phenolic OH excluding ortho intramolecular Hbond substituents is 1. The molecule has 0 atom stereocenters. The lowest BCUT2D eigenvalue weighted by Gasteiger charge is -1.98. The normalized spacial score (nSPS) is 5.43. The average molecular weight is 367 g/mol. The molecule has 2 rings (SSSR count). The first-order valence-electron chi connectivity index (χ1n) is 3.50. The minimum absolute atomic E-state index is 0. The first-order valence-corrected chi connectivity index (χ1v) is 3.88. The molecule has 0 aliphatic carbocycles. The van der Waals surface area contributed by atoms with Crippen LogP contribution in [0.15, 0.2) is 30.5 Å². The van der Waals surface area contributed by atoms with Gasteiger partial charge in [0.25, 0.3) is 0 Å². The van der Waals surface area contributed by atoms with E-state index in [0.29, 0.717) is 10.5 Å². The van der Waals surface area contributed by atoms with Gasteiger partial charge in [-0.05, 0) is 18.2 Å². The molecule has 0 amide bonds. The second-order valence-corrected chi connectivity index (χ2v) is 2.90. The Balaban J connectivity index is -0.0000000192. The SMILES string of the molecule is N.N.N.N.N.N.N.N.N.N.N.Oc1ccc2c(Cl)ccnc2c1. The van der Waals surface area contributed by atoms with Crippen LogP contribution >= 0.6 is 11.6 Å². The fourth-order valence-corrected chi connectivity index (χ4v) is 1.32. The highest BCUT2D eigenvalue weighted by molar-refractivity contribution is 6.35. The fourth-order valence-electron chi connectivity index (χ4n) is 1.10. The number of hydrogen-bond donors (Lipinski definition) is 12. The van der Waals surface area contributed by atoms with Gasteiger partial charge in [0.1, 0.15) is 5.75 Å². The molecule has 1 aromatic carbocycles. The summed E-state index contributed by atoms with van der Waals surface area (Å²) in [5.74, 6) is 0.206. The molecule has 0 bridgehead atoms. The number of fused-ring (bicyclic) bond motifs is 1. The number of aromatic nitrogens is 1. The van der Waals surface area contributed by atoms with Crippen LogP contribution in [-0.2, 0) is 0 Å². The molecule has 148 valence electrons. The summed E-state index contributed by atoms with van der Waals surface area (Å²) in [5, 5.41) is 10.6. The lowest BCUT2D eigenvalue weighted by atomic mass is 10.2. The van der Waals surface area contributed by atoms with Gasteiger partial charge in [-0.25, -0.2) is 0 Å². The Labute approximate surface area is 142 Å². The van der Waals surface area contributed by atoms with E-state index in [1.807, 2.05) is 0 Å². The number of rotatable bonds is 0. The Kier molecular flexibility index (Phi) is 85.1. The fraction of sp³-hybridized carbons (Fsp3) is 0. The van der Waals surface area contributed by atoms with Crippen molar-refractivity contribution in [2.45, 2.75) is 0 Å². The van der Waals surface area contributed by atoms with Crippen LogP contribution in [0, 0.1) is 0 Å². The van der Waals surface area contributed by atoms with Crippen molar-refractivity contribution in [3.8, 4) is 5.75 Å². The minimum Gasteiger partial charge on any atom is -0.508 e. The number of pyridine rings is 1. The Morgan fingerprint density at radius 2 is 1.13 bits per heavy atom. The highest BCUT2D eigenvalue weighted by atomic mass is 35.5. The summed E-state index contributed by atoms with van der Waals surface area (Å²) in [7, 11) is 0. The topological polar surface area (TPSA) is 418 Å². The number of benzene rings is 1. The molecule has 0 spiro atoms. The van der Waals surface area contributed by atoms with E-state index in [1.165, 1.54) is 0 Å². The minimum atomic E-state index is 0. The average Bonchev–Trinajstić information content (AvgIpc) is 2.04. The first kappa shape index (κ1) is 68.8. The summed E-state index contributed by atoms with van der Waals surface area (Å²) >= 11 is 5.89. The second kappa shape index (κ2) is 28.4. The molecule has 1 heterocycles. The predicted molar refractivity (Wildman–Crippen MR) is 104 cm³/mol. The Hall–Kier alpha value is -1.72. The summed E-state index contributed by atoms with van der Waals surface area (Å²) in [4.78, 5) is 4.06. The van der Waals surface area contributed by atoms with Crippen LogP contribution in [0.2, 0.25) is 5.02 Å². The van der Waals surface area contributed by atoms with E-state index in [2.05, 4.69) is 4.98 Å². The van der Waals surface area contributed by atoms with Crippen molar-refractivity contribution in [2.24, 2.45) is 0 Å². The van der Waals surface area contributed by atoms with Crippen molar-refractivity contribution in [1.82, 2.24) is 72.6 Å². The number of halogens is 1. The molecule has 1 aromatic heterocycles. The third kappa shape index (κ3) is 15.0. The van der Waals surface area contributed by atoms with E-state index in [4.69, 9.17) is 16.7 Å². The molecular weight excluding hydrogens is 328 g/mol. The lowest BCUT2D eigenvalue weighted by Crippen LogP contribution is -1.77. The van der Waals surface area contributed by atoms with Gasteiger partial charge in [0, 0.05) is 17.6 Å². The van der Waals surface area contributed by atoms with E-state index in [0.717, 1.165) is 5.39 Å². The van der Waals surface area contributed by atoms with Gasteiger partial charge in [-0.2, -0.15) is 0 Å². The quantitative estimate of drug-likeness (QED) is 0.307. The Bertz CT molecular complexity index is 446. The summed E-state index contributed by atoms with van der Waals surface area (Å²) in [6.07, 6.45) is 1.62. The summed E-state index contributed by atoms with van der Waals surface area (Å²) in [6, 6.07) is 6.65. The summed E-state index contributed by atoms with van der Waals surface area (Å²) < 4.78 is 0. The largest absolute Gasteiger partial charge is 0.508 e. The zero-order chi connectivity index (χ0) is 8.55. The lowest BCUT2D eigenvalue weighted by molar-refractivity contribution is 0.476. The highest BCUT2D eigenvalue weighted by Crippen LogP contribution is 2.24. The van der Waals surface area contributed by atoms with Gasteiger partial charge in [-0.3, -0.25) is 4.98 Å². The molecule has 13 nitrogen and oxygen atoms in total. The van der Waals surface area contributed by atoms with Crippen molar-refractivity contribution in [2.75, 3.05) is 0 Å². The zero-order valence-electron chi connectivity index (χ0n) is 13.9. The van der Waals surface area contributed by atoms with Gasteiger partial charge in [-0.15, -0.1) is 0 Å². The van der Waals surface area contributed by atoms with Crippen LogP contribution < -0.4 is 67.7 Å². The van der Waals surface area contributed by atoms with E-state index < -0.39 is 0 Å². The third-order valence-corrected chi connectivity index (χ3v) is 2.00. The Morgan fingerprint density at radius 1 is 0.696 bits per heavy atom. The maximum atomic E-state index is 9.14. The summed E-state index contributed by atoms with van der Waals surface area (Å²) in [5.41, 5.74) is 0.711. The molecule has 0 fully saturated rings. The summed E-state index contributed by atoms with van der Waals surface area (Å²) in [6.45, 7) is 0. The third-order valence-electron chi connectivity index (χ3n) is 1.67. The van der Waals surface area contributed by atoms with Gasteiger partial charge < -0.3 is 72.8 Å². The van der Waals surface area contributed by atoms with Crippen LogP contribution in [0.4, 0.5) is 0 Å². The van der Waals surface area contributed by atoms with Crippen LogP contribution in [0.3, 0.4) is 0 Å². The molecule has 23 heavy (non-hydrogen) atoms. The molecule has 0 radical (unpaired) electrons. The van der Waals surface area contributed by atoms with Crippen molar-refractivity contribution in [3.05, 3.63) is 35.5 Å². The van der Waals surface area contributed by atoms with Crippen molar-refractivity contribution < 1.29 is 5.11 Å². The molecular formula is C9H39ClN12O. The van der Waals surface area contributed by atoms with Crippen molar-refractivity contribution in [3.63, 3.8) is 0 Å². The van der Waals surface area contributed by atoms with Gasteiger partial charge in [0.2, 0.25) is 0 Å². The smallest absolute Gasteiger partial charge is 0.117 e. The van der Waals surface area contributed by atoms with Crippen molar-refractivity contribution in [1.29, 1.82) is 0 Å². The van der Waals surface area contributed by atoms with E-state index >= 15 is 0 Å². The highest BCUT2D eigenvalue weighted by Gasteiger charge is 1.99. The molecule has 0 unspecified atom stereocenters. The van der Waals surface area contributed by atoms with Gasteiger partial charge in [0.05, 0.1) is 10.5 Å². The molecule has 0 aliphatic heterocycles. The molecule has 0 saturated heterocycles. The second-order valence-electron chi connectivity index (χ2n) is 2.49. The molecule has 14 heteroatoms. The number of hydrogen-bond acceptors (Lipinski definition) is 13. The number of phenols is 1. The van der Waals surface area contributed by atoms with E-state index in [9.17, 15) is 0 Å². The van der Waals surface area contributed by atoms with E-state index in [-0.39, 0.29) is 73.4 Å². The predicted octanol–water partition coefficient (Wildman–Crippen LogP) is 4.38. The van der Waals surface area contributed by atoms with Gasteiger partial charge >= 0.3 is 0 Å². The van der Waals surface area contributed by atoms with Crippen LogP contribution in [0.25, 0.3) is 10.9 Å². The molecule has 34 N–H and O–H groups in total. The van der Waals surface area contributed by atoms with Crippen molar-refractivity contribution >= 4 is 22.5 Å². The number of aromatic hydroxyl groups is 1. The Morgan fingerprint density at radius 3 is 1.57 bits per heavy atom. The first-order chi connectivity index (χ1) is 5.77. The monoisotopic (exact) mass is 366 g/mol. The molecule has 2 aromatic rings. The maximum absolute atomic E-state index is 9.14. The molecule has 0 aliphatic rings. The number of nitrogens with zero attached hydrogens (tertiary/aromatic N) is 1.